The predicted octanol–water partition coefficient (Wildman–Crippen LogP) is 3.17. The molecular weight excluding hydrogens is 282 g/mol. The SMILES string of the molecule is CC(C)(C)OC(=O)N1Cc2cc(C(=O)O)ccc2C2(CC2)C1. The molecule has 1 N–H and O–H groups in total. The van der Waals surface area contributed by atoms with Crippen molar-refractivity contribution >= 4 is 12.1 Å². The summed E-state index contributed by atoms with van der Waals surface area (Å²) < 4.78 is 5.46. The number of fused-ring (bicyclic) bond motifs is 2. The Balaban J connectivity index is 1.90. The highest BCUT2D eigenvalue weighted by Gasteiger charge is 2.50. The molecule has 5 heteroatoms. The molecule has 118 valence electrons. The highest BCUT2D eigenvalue weighted by molar-refractivity contribution is 5.88. The number of rotatable bonds is 1. The average molecular weight is 303 g/mol. The van der Waals surface area contributed by atoms with Gasteiger partial charge in [0.05, 0.1) is 5.56 Å². The number of hydrogen-bond acceptors (Lipinski definition) is 3. The lowest BCUT2D eigenvalue weighted by Crippen LogP contribution is -2.44. The van der Waals surface area contributed by atoms with Crippen LogP contribution in [0.25, 0.3) is 0 Å². The Kier molecular flexibility index (Phi) is 3.20. The normalized spacial score (nSPS) is 18.8. The van der Waals surface area contributed by atoms with Crippen LogP contribution < -0.4 is 0 Å². The predicted molar refractivity (Wildman–Crippen MR) is 81.0 cm³/mol. The van der Waals surface area contributed by atoms with Crippen LogP contribution in [0.4, 0.5) is 4.79 Å². The number of benzene rings is 1. The van der Waals surface area contributed by atoms with E-state index in [1.807, 2.05) is 26.8 Å². The van der Waals surface area contributed by atoms with Crippen molar-refractivity contribution in [3.05, 3.63) is 34.9 Å². The number of amides is 1. The van der Waals surface area contributed by atoms with Crippen LogP contribution in [0.1, 0.15) is 55.1 Å². The van der Waals surface area contributed by atoms with Gasteiger partial charge in [-0.05, 0) is 56.9 Å². The van der Waals surface area contributed by atoms with Crippen molar-refractivity contribution in [2.24, 2.45) is 0 Å². The van der Waals surface area contributed by atoms with Crippen molar-refractivity contribution in [1.82, 2.24) is 4.90 Å². The van der Waals surface area contributed by atoms with E-state index >= 15 is 0 Å². The molecule has 1 aromatic carbocycles. The summed E-state index contributed by atoms with van der Waals surface area (Å²) >= 11 is 0. The van der Waals surface area contributed by atoms with Crippen molar-refractivity contribution in [2.75, 3.05) is 6.54 Å². The molecule has 1 aromatic rings. The fourth-order valence-corrected chi connectivity index (χ4v) is 3.12. The average Bonchev–Trinajstić information content (AvgIpc) is 3.16. The first-order valence-electron chi connectivity index (χ1n) is 7.55. The lowest BCUT2D eigenvalue weighted by Gasteiger charge is -2.36. The van der Waals surface area contributed by atoms with Crippen LogP contribution in [0.3, 0.4) is 0 Å². The number of hydrogen-bond donors (Lipinski definition) is 1. The minimum atomic E-state index is -0.943. The second-order valence-corrected chi connectivity index (χ2v) is 7.29. The van der Waals surface area contributed by atoms with E-state index in [1.165, 1.54) is 5.56 Å². The summed E-state index contributed by atoms with van der Waals surface area (Å²) in [6.45, 7) is 6.60. The molecule has 0 radical (unpaired) electrons. The number of carbonyl (C=O) groups excluding carboxylic acids is 1. The van der Waals surface area contributed by atoms with Gasteiger partial charge in [-0.15, -0.1) is 0 Å². The molecule has 1 saturated carbocycles. The Morgan fingerprint density at radius 2 is 1.95 bits per heavy atom. The molecule has 3 rings (SSSR count). The van der Waals surface area contributed by atoms with Crippen LogP contribution in [0.5, 0.6) is 0 Å². The van der Waals surface area contributed by atoms with Gasteiger partial charge in [-0.3, -0.25) is 0 Å². The van der Waals surface area contributed by atoms with Crippen molar-refractivity contribution < 1.29 is 19.4 Å². The van der Waals surface area contributed by atoms with Gasteiger partial charge in [-0.2, -0.15) is 0 Å². The number of ether oxygens (including phenoxy) is 1. The molecule has 1 aliphatic carbocycles. The fourth-order valence-electron chi connectivity index (χ4n) is 3.12. The van der Waals surface area contributed by atoms with E-state index in [4.69, 9.17) is 9.84 Å². The summed E-state index contributed by atoms with van der Waals surface area (Å²) in [4.78, 5) is 25.2. The standard InChI is InChI=1S/C17H21NO4/c1-16(2,3)22-15(21)18-9-12-8-11(14(19)20)4-5-13(12)17(10-18)6-7-17/h4-5,8H,6-7,9-10H2,1-3H3,(H,19,20). The molecule has 0 unspecified atom stereocenters. The fraction of sp³-hybridized carbons (Fsp3) is 0.529. The minimum absolute atomic E-state index is 0.00151. The lowest BCUT2D eigenvalue weighted by molar-refractivity contribution is 0.0197. The third-order valence-electron chi connectivity index (χ3n) is 4.28. The Bertz CT molecular complexity index is 641. The maximum absolute atomic E-state index is 12.3. The van der Waals surface area contributed by atoms with Crippen LogP contribution in [-0.4, -0.2) is 34.2 Å². The maximum Gasteiger partial charge on any atom is 0.410 e. The van der Waals surface area contributed by atoms with Crippen LogP contribution in [0.2, 0.25) is 0 Å². The van der Waals surface area contributed by atoms with Crippen LogP contribution >= 0.6 is 0 Å². The molecular formula is C17H21NO4. The largest absolute Gasteiger partial charge is 0.478 e. The van der Waals surface area contributed by atoms with Gasteiger partial charge in [-0.1, -0.05) is 6.07 Å². The van der Waals surface area contributed by atoms with E-state index in [2.05, 4.69) is 0 Å². The molecule has 1 heterocycles. The van der Waals surface area contributed by atoms with Crippen molar-refractivity contribution in [1.29, 1.82) is 0 Å². The molecule has 22 heavy (non-hydrogen) atoms. The van der Waals surface area contributed by atoms with Gasteiger partial charge in [0.25, 0.3) is 0 Å². The first kappa shape index (κ1) is 14.9. The number of aromatic carboxylic acids is 1. The molecule has 0 atom stereocenters. The second kappa shape index (κ2) is 4.73. The molecule has 1 aliphatic heterocycles. The molecule has 1 amide bonds. The summed E-state index contributed by atoms with van der Waals surface area (Å²) in [7, 11) is 0. The van der Waals surface area contributed by atoms with E-state index in [9.17, 15) is 9.59 Å². The molecule has 5 nitrogen and oxygen atoms in total. The van der Waals surface area contributed by atoms with Crippen molar-refractivity contribution in [3.63, 3.8) is 0 Å². The lowest BCUT2D eigenvalue weighted by atomic mass is 9.86. The van der Waals surface area contributed by atoms with Crippen molar-refractivity contribution in [3.8, 4) is 0 Å². The zero-order chi connectivity index (χ0) is 16.1. The van der Waals surface area contributed by atoms with Gasteiger partial charge in [0.2, 0.25) is 0 Å². The van der Waals surface area contributed by atoms with Crippen molar-refractivity contribution in [2.45, 2.75) is 51.2 Å². The maximum atomic E-state index is 12.3. The van der Waals surface area contributed by atoms with Gasteiger partial charge in [-0.25, -0.2) is 9.59 Å². The number of nitrogens with zero attached hydrogens (tertiary/aromatic N) is 1. The van der Waals surface area contributed by atoms with E-state index in [-0.39, 0.29) is 17.1 Å². The number of carbonyl (C=O) groups is 2. The monoisotopic (exact) mass is 303 g/mol. The first-order chi connectivity index (χ1) is 10.2. The highest BCUT2D eigenvalue weighted by atomic mass is 16.6. The van der Waals surface area contributed by atoms with E-state index in [0.29, 0.717) is 13.1 Å². The summed E-state index contributed by atoms with van der Waals surface area (Å²) in [6.07, 6.45) is 1.74. The van der Waals surface area contributed by atoms with Gasteiger partial charge in [0.1, 0.15) is 5.60 Å². The Morgan fingerprint density at radius 1 is 1.27 bits per heavy atom. The summed E-state index contributed by atoms with van der Waals surface area (Å²) in [5.74, 6) is -0.943. The zero-order valence-electron chi connectivity index (χ0n) is 13.2. The molecule has 2 aliphatic rings. The summed E-state index contributed by atoms with van der Waals surface area (Å²) in [5.41, 5.74) is 1.85. The highest BCUT2D eigenvalue weighted by Crippen LogP contribution is 2.52. The smallest absolute Gasteiger partial charge is 0.410 e. The molecule has 0 aromatic heterocycles. The molecule has 0 bridgehead atoms. The number of carboxylic acids is 1. The van der Waals surface area contributed by atoms with Gasteiger partial charge < -0.3 is 14.7 Å². The Labute approximate surface area is 129 Å². The minimum Gasteiger partial charge on any atom is -0.478 e. The topological polar surface area (TPSA) is 66.8 Å². The third kappa shape index (κ3) is 2.67. The van der Waals surface area contributed by atoms with E-state index in [1.54, 1.807) is 17.0 Å². The van der Waals surface area contributed by atoms with Crippen LogP contribution in [-0.2, 0) is 16.7 Å². The third-order valence-corrected chi connectivity index (χ3v) is 4.28. The van der Waals surface area contributed by atoms with Crippen LogP contribution in [0, 0.1) is 0 Å². The molecule has 1 spiro atoms. The van der Waals surface area contributed by atoms with Gasteiger partial charge in [0, 0.05) is 18.5 Å². The Hall–Kier alpha value is -2.04. The molecule has 1 fully saturated rings. The summed E-state index contributed by atoms with van der Waals surface area (Å²) in [5, 5.41) is 9.15. The number of carboxylic acid groups (broad SMARTS) is 1. The van der Waals surface area contributed by atoms with E-state index in [0.717, 1.165) is 18.4 Å². The second-order valence-electron chi connectivity index (χ2n) is 7.29. The van der Waals surface area contributed by atoms with Gasteiger partial charge in [0.15, 0.2) is 0 Å². The Morgan fingerprint density at radius 3 is 2.50 bits per heavy atom. The first-order valence-corrected chi connectivity index (χ1v) is 7.55. The van der Waals surface area contributed by atoms with Crippen LogP contribution in [0.15, 0.2) is 18.2 Å². The quantitative estimate of drug-likeness (QED) is 0.865. The summed E-state index contributed by atoms with van der Waals surface area (Å²) in [6, 6.07) is 5.26. The van der Waals surface area contributed by atoms with Gasteiger partial charge >= 0.3 is 12.1 Å². The zero-order valence-corrected chi connectivity index (χ0v) is 13.2. The molecule has 0 saturated heterocycles. The van der Waals surface area contributed by atoms with E-state index < -0.39 is 11.6 Å².